The Hall–Kier alpha value is -1.59. The van der Waals surface area contributed by atoms with Gasteiger partial charge in [-0.05, 0) is 31.1 Å². The molecule has 0 aliphatic heterocycles. The number of rotatable bonds is 47. The fourth-order valence-electron chi connectivity index (χ4n) is 7.99. The molecular formula is C53H102O6. The molecule has 0 amide bonds. The number of carbonyl (C=O) groups is 3. The van der Waals surface area contributed by atoms with Gasteiger partial charge in [-0.15, -0.1) is 0 Å². The summed E-state index contributed by atoms with van der Waals surface area (Å²) < 4.78 is 16.8. The van der Waals surface area contributed by atoms with Crippen LogP contribution in [0.3, 0.4) is 0 Å². The van der Waals surface area contributed by atoms with Gasteiger partial charge in [-0.1, -0.05) is 253 Å². The SMILES string of the molecule is CCCCCCCCCCCCCCCCCCCCCC(=O)OC[C@@H](COC(=O)CCCCCCCCCCCC(C)C)OC(=O)CCCCCCCCCC(C)C. The largest absolute Gasteiger partial charge is 0.462 e. The van der Waals surface area contributed by atoms with Crippen LogP contribution in [-0.4, -0.2) is 37.2 Å². The third kappa shape index (κ3) is 47.3. The molecule has 0 aromatic heterocycles. The number of carbonyl (C=O) groups excluding carboxylic acids is 3. The van der Waals surface area contributed by atoms with Gasteiger partial charge in [0.2, 0.25) is 0 Å². The normalized spacial score (nSPS) is 12.1. The lowest BCUT2D eigenvalue weighted by Crippen LogP contribution is -2.30. The van der Waals surface area contributed by atoms with Crippen LogP contribution in [0.15, 0.2) is 0 Å². The quantitative estimate of drug-likeness (QED) is 0.0345. The lowest BCUT2D eigenvalue weighted by Gasteiger charge is -2.18. The Morgan fingerprint density at radius 3 is 0.831 bits per heavy atom. The summed E-state index contributed by atoms with van der Waals surface area (Å²) in [6, 6.07) is 0. The molecule has 0 unspecified atom stereocenters. The van der Waals surface area contributed by atoms with Crippen molar-refractivity contribution in [3.8, 4) is 0 Å². The molecule has 0 rings (SSSR count). The molecule has 0 heterocycles. The van der Waals surface area contributed by atoms with Crippen molar-refractivity contribution in [2.24, 2.45) is 11.8 Å². The van der Waals surface area contributed by atoms with Crippen LogP contribution in [0.1, 0.15) is 291 Å². The molecule has 0 aromatic carbocycles. The third-order valence-electron chi connectivity index (χ3n) is 12.0. The lowest BCUT2D eigenvalue weighted by atomic mass is 10.0. The number of esters is 3. The minimum atomic E-state index is -0.762. The molecule has 0 saturated carbocycles. The number of unbranched alkanes of at least 4 members (excludes halogenated alkanes) is 32. The molecule has 6 nitrogen and oxygen atoms in total. The zero-order valence-electron chi connectivity index (χ0n) is 40.4. The number of ether oxygens (including phenoxy) is 3. The first-order chi connectivity index (χ1) is 28.7. The summed E-state index contributed by atoms with van der Waals surface area (Å²) in [6.45, 7) is 11.3. The fraction of sp³-hybridized carbons (Fsp3) is 0.943. The zero-order chi connectivity index (χ0) is 43.3. The predicted octanol–water partition coefficient (Wildman–Crippen LogP) is 16.9. The van der Waals surface area contributed by atoms with Crippen LogP contribution in [-0.2, 0) is 28.6 Å². The van der Waals surface area contributed by atoms with Gasteiger partial charge in [-0.25, -0.2) is 0 Å². The van der Waals surface area contributed by atoms with Crippen LogP contribution in [0.25, 0.3) is 0 Å². The summed E-state index contributed by atoms with van der Waals surface area (Å²) in [5.41, 5.74) is 0. The minimum Gasteiger partial charge on any atom is -0.462 e. The highest BCUT2D eigenvalue weighted by molar-refractivity contribution is 5.71. The van der Waals surface area contributed by atoms with Gasteiger partial charge in [0.1, 0.15) is 13.2 Å². The predicted molar refractivity (Wildman–Crippen MR) is 252 cm³/mol. The Bertz CT molecular complexity index is 900. The summed E-state index contributed by atoms with van der Waals surface area (Å²) in [7, 11) is 0. The molecule has 6 heteroatoms. The molecule has 0 aliphatic carbocycles. The van der Waals surface area contributed by atoms with Crippen molar-refractivity contribution in [1.82, 2.24) is 0 Å². The van der Waals surface area contributed by atoms with E-state index in [9.17, 15) is 14.4 Å². The lowest BCUT2D eigenvalue weighted by molar-refractivity contribution is -0.167. The minimum absolute atomic E-state index is 0.0647. The van der Waals surface area contributed by atoms with E-state index in [0.29, 0.717) is 19.3 Å². The molecule has 0 spiro atoms. The molecule has 0 aromatic rings. The van der Waals surface area contributed by atoms with E-state index in [0.717, 1.165) is 69.6 Å². The Morgan fingerprint density at radius 1 is 0.322 bits per heavy atom. The molecule has 350 valence electrons. The van der Waals surface area contributed by atoms with Crippen LogP contribution < -0.4 is 0 Å². The summed E-state index contributed by atoms with van der Waals surface area (Å²) in [5, 5.41) is 0. The molecule has 0 saturated heterocycles. The first kappa shape index (κ1) is 57.4. The third-order valence-corrected chi connectivity index (χ3v) is 12.0. The van der Waals surface area contributed by atoms with E-state index in [1.165, 1.54) is 180 Å². The van der Waals surface area contributed by atoms with E-state index in [-0.39, 0.29) is 31.1 Å². The van der Waals surface area contributed by atoms with E-state index in [1.54, 1.807) is 0 Å². The van der Waals surface area contributed by atoms with Gasteiger partial charge >= 0.3 is 17.9 Å². The highest BCUT2D eigenvalue weighted by atomic mass is 16.6. The van der Waals surface area contributed by atoms with Gasteiger partial charge in [0, 0.05) is 19.3 Å². The maximum atomic E-state index is 12.7. The molecule has 0 fully saturated rings. The van der Waals surface area contributed by atoms with Crippen molar-refractivity contribution >= 4 is 17.9 Å². The zero-order valence-corrected chi connectivity index (χ0v) is 40.4. The van der Waals surface area contributed by atoms with Crippen molar-refractivity contribution in [3.05, 3.63) is 0 Å². The average molecular weight is 835 g/mol. The smallest absolute Gasteiger partial charge is 0.306 e. The first-order valence-corrected chi connectivity index (χ1v) is 26.2. The van der Waals surface area contributed by atoms with Crippen LogP contribution >= 0.6 is 0 Å². The highest BCUT2D eigenvalue weighted by Gasteiger charge is 2.19. The van der Waals surface area contributed by atoms with Crippen molar-refractivity contribution in [1.29, 1.82) is 0 Å². The van der Waals surface area contributed by atoms with Crippen molar-refractivity contribution < 1.29 is 28.6 Å². The van der Waals surface area contributed by atoms with E-state index < -0.39 is 6.10 Å². The Labute approximate surface area is 368 Å². The Balaban J connectivity index is 4.22. The van der Waals surface area contributed by atoms with Crippen LogP contribution in [0, 0.1) is 11.8 Å². The topological polar surface area (TPSA) is 78.9 Å². The Morgan fingerprint density at radius 2 is 0.559 bits per heavy atom. The van der Waals surface area contributed by atoms with Crippen LogP contribution in [0.4, 0.5) is 0 Å². The molecule has 1 atom stereocenters. The van der Waals surface area contributed by atoms with E-state index in [1.807, 2.05) is 0 Å². The summed E-state index contributed by atoms with van der Waals surface area (Å²) in [4.78, 5) is 37.9. The second-order valence-electron chi connectivity index (χ2n) is 19.1. The molecule has 0 bridgehead atoms. The first-order valence-electron chi connectivity index (χ1n) is 26.2. The second kappa shape index (κ2) is 45.9. The van der Waals surface area contributed by atoms with Crippen LogP contribution in [0.2, 0.25) is 0 Å². The monoisotopic (exact) mass is 835 g/mol. The average Bonchev–Trinajstić information content (AvgIpc) is 3.20. The molecular weight excluding hydrogens is 733 g/mol. The summed E-state index contributed by atoms with van der Waals surface area (Å²) >= 11 is 0. The summed E-state index contributed by atoms with van der Waals surface area (Å²) in [5.74, 6) is 0.733. The van der Waals surface area contributed by atoms with E-state index in [4.69, 9.17) is 14.2 Å². The highest BCUT2D eigenvalue weighted by Crippen LogP contribution is 2.17. The molecule has 0 aliphatic rings. The maximum absolute atomic E-state index is 12.7. The molecule has 59 heavy (non-hydrogen) atoms. The van der Waals surface area contributed by atoms with E-state index >= 15 is 0 Å². The van der Waals surface area contributed by atoms with Crippen molar-refractivity contribution in [2.45, 2.75) is 298 Å². The Kier molecular flexibility index (Phi) is 44.7. The van der Waals surface area contributed by atoms with Gasteiger partial charge < -0.3 is 14.2 Å². The van der Waals surface area contributed by atoms with Crippen molar-refractivity contribution in [3.63, 3.8) is 0 Å². The van der Waals surface area contributed by atoms with Crippen LogP contribution in [0.5, 0.6) is 0 Å². The second-order valence-corrected chi connectivity index (χ2v) is 19.1. The fourth-order valence-corrected chi connectivity index (χ4v) is 7.99. The van der Waals surface area contributed by atoms with Gasteiger partial charge in [0.25, 0.3) is 0 Å². The van der Waals surface area contributed by atoms with E-state index in [2.05, 4.69) is 34.6 Å². The van der Waals surface area contributed by atoms with Gasteiger partial charge in [-0.3, -0.25) is 14.4 Å². The van der Waals surface area contributed by atoms with Gasteiger partial charge in [0.05, 0.1) is 0 Å². The maximum Gasteiger partial charge on any atom is 0.306 e. The standard InChI is InChI=1S/C53H102O6/c1-6-7-8-9-10-11-12-13-14-15-16-17-18-19-20-23-28-33-38-43-51(54)57-46-50(59-53(56)45-40-35-30-25-27-32-37-42-49(4)5)47-58-52(55)44-39-34-29-24-21-22-26-31-36-41-48(2)3/h48-50H,6-47H2,1-5H3/t50-/m0/s1. The molecule has 0 N–H and O–H groups in total. The van der Waals surface area contributed by atoms with Gasteiger partial charge in [-0.2, -0.15) is 0 Å². The number of hydrogen-bond donors (Lipinski definition) is 0. The van der Waals surface area contributed by atoms with Crippen molar-refractivity contribution in [2.75, 3.05) is 13.2 Å². The van der Waals surface area contributed by atoms with Gasteiger partial charge in [0.15, 0.2) is 6.10 Å². The molecule has 0 radical (unpaired) electrons. The summed E-state index contributed by atoms with van der Waals surface area (Å²) in [6.07, 6.45) is 46.8. The number of hydrogen-bond acceptors (Lipinski definition) is 6.